The number of nitrogens with one attached hydrogen (secondary N) is 1. The van der Waals surface area contributed by atoms with E-state index >= 15 is 0 Å². The second-order valence-electron chi connectivity index (χ2n) is 6.52. The zero-order chi connectivity index (χ0) is 18.2. The van der Waals surface area contributed by atoms with E-state index in [1.54, 1.807) is 6.20 Å². The molecule has 3 rings (SSSR count). The second kappa shape index (κ2) is 6.16. The molecular formula is C18H18FN3O3. The van der Waals surface area contributed by atoms with Gasteiger partial charge in [-0.3, -0.25) is 9.89 Å². The lowest BCUT2D eigenvalue weighted by molar-refractivity contribution is -0.133. The highest BCUT2D eigenvalue weighted by molar-refractivity contribution is 6.17. The molecule has 7 heteroatoms. The van der Waals surface area contributed by atoms with Gasteiger partial charge in [0.15, 0.2) is 0 Å². The number of rotatable bonds is 2. The number of H-pyrrole nitrogens is 1. The number of benzene rings is 1. The molecule has 0 radical (unpaired) electrons. The molecular weight excluding hydrogens is 325 g/mol. The van der Waals surface area contributed by atoms with Crippen LogP contribution in [0.5, 0.6) is 0 Å². The van der Waals surface area contributed by atoms with Crippen LogP contribution in [0.15, 0.2) is 36.7 Å². The number of amides is 1. The number of halogens is 1. The molecule has 2 aromatic rings. The van der Waals surface area contributed by atoms with E-state index in [1.807, 2.05) is 13.8 Å². The molecule has 1 N–H and O–H groups in total. The summed E-state index contributed by atoms with van der Waals surface area (Å²) in [5.74, 6) is -1.30. The Morgan fingerprint density at radius 1 is 1.28 bits per heavy atom. The van der Waals surface area contributed by atoms with Crippen LogP contribution < -0.4 is 0 Å². The third kappa shape index (κ3) is 3.05. The standard InChI is InChI=1S/C18H18FN3O3/c1-18(2)10-22(16(23)11-4-6-12(19)7-5-11)9-14(17(24)25-3)13-8-20-21-15(13)18/h4-9H,10H2,1-3H3,(H,20,21). The van der Waals surface area contributed by atoms with Gasteiger partial charge in [-0.05, 0) is 24.3 Å². The first-order valence-corrected chi connectivity index (χ1v) is 7.74. The topological polar surface area (TPSA) is 75.3 Å². The van der Waals surface area contributed by atoms with Gasteiger partial charge in [0.2, 0.25) is 0 Å². The molecule has 0 spiro atoms. The molecule has 0 saturated carbocycles. The number of carbonyl (C=O) groups excluding carboxylic acids is 2. The summed E-state index contributed by atoms with van der Waals surface area (Å²) in [6.45, 7) is 4.21. The Balaban J connectivity index is 2.08. The third-order valence-electron chi connectivity index (χ3n) is 4.21. The van der Waals surface area contributed by atoms with Gasteiger partial charge in [0.1, 0.15) is 5.82 Å². The number of carbonyl (C=O) groups is 2. The van der Waals surface area contributed by atoms with Crippen LogP contribution in [0, 0.1) is 5.82 Å². The van der Waals surface area contributed by atoms with E-state index in [2.05, 4.69) is 10.2 Å². The molecule has 2 heterocycles. The maximum absolute atomic E-state index is 13.1. The zero-order valence-corrected chi connectivity index (χ0v) is 14.2. The fourth-order valence-corrected chi connectivity index (χ4v) is 2.94. The lowest BCUT2D eigenvalue weighted by Gasteiger charge is -2.28. The van der Waals surface area contributed by atoms with E-state index in [4.69, 9.17) is 4.74 Å². The lowest BCUT2D eigenvalue weighted by atomic mass is 9.86. The highest BCUT2D eigenvalue weighted by Crippen LogP contribution is 2.34. The van der Waals surface area contributed by atoms with Crippen molar-refractivity contribution in [1.29, 1.82) is 0 Å². The molecule has 1 aliphatic rings. The molecule has 0 atom stereocenters. The van der Waals surface area contributed by atoms with Crippen molar-refractivity contribution in [2.45, 2.75) is 19.3 Å². The van der Waals surface area contributed by atoms with Gasteiger partial charge in [-0.1, -0.05) is 13.8 Å². The van der Waals surface area contributed by atoms with Gasteiger partial charge in [-0.25, -0.2) is 9.18 Å². The lowest BCUT2D eigenvalue weighted by Crippen LogP contribution is -2.37. The van der Waals surface area contributed by atoms with E-state index in [0.29, 0.717) is 17.7 Å². The largest absolute Gasteiger partial charge is 0.465 e. The van der Waals surface area contributed by atoms with Gasteiger partial charge < -0.3 is 9.64 Å². The Labute approximate surface area is 144 Å². The number of ether oxygens (including phenoxy) is 1. The van der Waals surface area contributed by atoms with E-state index in [9.17, 15) is 14.0 Å². The van der Waals surface area contributed by atoms with E-state index in [-0.39, 0.29) is 11.5 Å². The number of aromatic nitrogens is 2. The Morgan fingerprint density at radius 2 is 1.96 bits per heavy atom. The SMILES string of the molecule is COC(=O)C1=CN(C(=O)c2ccc(F)cc2)CC(C)(C)c2[nH]ncc21. The average Bonchev–Trinajstić information content (AvgIpc) is 3.04. The fourth-order valence-electron chi connectivity index (χ4n) is 2.94. The number of nitrogens with zero attached hydrogens (tertiary/aromatic N) is 2. The Kier molecular flexibility index (Phi) is 4.16. The fraction of sp³-hybridized carbons (Fsp3) is 0.278. The van der Waals surface area contributed by atoms with Crippen LogP contribution in [-0.2, 0) is 14.9 Å². The predicted molar refractivity (Wildman–Crippen MR) is 89.0 cm³/mol. The van der Waals surface area contributed by atoms with E-state index in [1.165, 1.54) is 42.5 Å². The normalized spacial score (nSPS) is 15.8. The van der Waals surface area contributed by atoms with Crippen LogP contribution >= 0.6 is 0 Å². The molecule has 0 fully saturated rings. The van der Waals surface area contributed by atoms with Gasteiger partial charge >= 0.3 is 5.97 Å². The molecule has 25 heavy (non-hydrogen) atoms. The number of hydrogen-bond donors (Lipinski definition) is 1. The molecule has 0 aliphatic carbocycles. The number of fused-ring (bicyclic) bond motifs is 1. The van der Waals surface area contributed by atoms with Crippen LogP contribution in [0.2, 0.25) is 0 Å². The van der Waals surface area contributed by atoms with Crippen LogP contribution in [0.25, 0.3) is 5.57 Å². The summed E-state index contributed by atoms with van der Waals surface area (Å²) in [6, 6.07) is 5.30. The summed E-state index contributed by atoms with van der Waals surface area (Å²) in [5.41, 5.74) is 1.45. The molecule has 1 amide bonds. The molecule has 1 aromatic heterocycles. The molecule has 1 aromatic carbocycles. The summed E-state index contributed by atoms with van der Waals surface area (Å²) >= 11 is 0. The summed E-state index contributed by atoms with van der Waals surface area (Å²) in [5, 5.41) is 6.94. The van der Waals surface area contributed by atoms with Crippen LogP contribution in [0.1, 0.15) is 35.5 Å². The number of methoxy groups -OCH3 is 1. The van der Waals surface area contributed by atoms with Crippen molar-refractivity contribution in [2.24, 2.45) is 0 Å². The average molecular weight is 343 g/mol. The number of esters is 1. The predicted octanol–water partition coefficient (Wildman–Crippen LogP) is 2.50. The van der Waals surface area contributed by atoms with Crippen molar-refractivity contribution >= 4 is 17.4 Å². The van der Waals surface area contributed by atoms with Crippen LogP contribution in [-0.4, -0.2) is 40.6 Å². The summed E-state index contributed by atoms with van der Waals surface area (Å²) in [6.07, 6.45) is 3.02. The minimum atomic E-state index is -0.558. The van der Waals surface area contributed by atoms with Crippen molar-refractivity contribution in [3.05, 3.63) is 59.3 Å². The van der Waals surface area contributed by atoms with Crippen molar-refractivity contribution < 1.29 is 18.7 Å². The minimum Gasteiger partial charge on any atom is -0.465 e. The smallest absolute Gasteiger partial charge is 0.340 e. The number of hydrogen-bond acceptors (Lipinski definition) is 4. The van der Waals surface area contributed by atoms with E-state index < -0.39 is 17.2 Å². The summed E-state index contributed by atoms with van der Waals surface area (Å²) < 4.78 is 18.0. The molecule has 6 nitrogen and oxygen atoms in total. The summed E-state index contributed by atoms with van der Waals surface area (Å²) in [7, 11) is 1.28. The van der Waals surface area contributed by atoms with Gasteiger partial charge in [0.05, 0.1) is 24.6 Å². The van der Waals surface area contributed by atoms with Crippen molar-refractivity contribution in [3.8, 4) is 0 Å². The monoisotopic (exact) mass is 343 g/mol. The van der Waals surface area contributed by atoms with Gasteiger partial charge in [-0.15, -0.1) is 0 Å². The molecule has 130 valence electrons. The highest BCUT2D eigenvalue weighted by Gasteiger charge is 2.36. The third-order valence-corrected chi connectivity index (χ3v) is 4.21. The molecule has 1 aliphatic heterocycles. The zero-order valence-electron chi connectivity index (χ0n) is 14.2. The van der Waals surface area contributed by atoms with E-state index in [0.717, 1.165) is 5.69 Å². The van der Waals surface area contributed by atoms with Gasteiger partial charge in [0.25, 0.3) is 5.91 Å². The van der Waals surface area contributed by atoms with Gasteiger partial charge in [-0.2, -0.15) is 5.10 Å². The molecule has 0 saturated heterocycles. The Bertz CT molecular complexity index is 853. The van der Waals surface area contributed by atoms with Crippen LogP contribution in [0.4, 0.5) is 4.39 Å². The first-order valence-electron chi connectivity index (χ1n) is 7.74. The van der Waals surface area contributed by atoms with Gasteiger partial charge in [0, 0.05) is 29.3 Å². The highest BCUT2D eigenvalue weighted by atomic mass is 19.1. The maximum atomic E-state index is 13.1. The van der Waals surface area contributed by atoms with Crippen molar-refractivity contribution in [1.82, 2.24) is 15.1 Å². The maximum Gasteiger partial charge on any atom is 0.340 e. The summed E-state index contributed by atoms with van der Waals surface area (Å²) in [4.78, 5) is 26.5. The van der Waals surface area contributed by atoms with Crippen molar-refractivity contribution in [2.75, 3.05) is 13.7 Å². The van der Waals surface area contributed by atoms with Crippen molar-refractivity contribution in [3.63, 3.8) is 0 Å². The first-order chi connectivity index (χ1) is 11.8. The van der Waals surface area contributed by atoms with Crippen LogP contribution in [0.3, 0.4) is 0 Å². The Hall–Kier alpha value is -2.96. The quantitative estimate of drug-likeness (QED) is 0.850. The minimum absolute atomic E-state index is 0.243. The second-order valence-corrected chi connectivity index (χ2v) is 6.52. The number of aromatic amines is 1. The molecule has 0 bridgehead atoms. The first kappa shape index (κ1) is 16.9. The molecule has 0 unspecified atom stereocenters. The Morgan fingerprint density at radius 3 is 2.60 bits per heavy atom.